The largest absolute Gasteiger partial charge is 0.494 e. The van der Waals surface area contributed by atoms with Gasteiger partial charge in [0, 0.05) is 17.4 Å². The molecule has 0 spiro atoms. The number of amides is 1. The van der Waals surface area contributed by atoms with Crippen LogP contribution in [0.1, 0.15) is 35.3 Å². The summed E-state index contributed by atoms with van der Waals surface area (Å²) in [5, 5.41) is 3.18. The van der Waals surface area contributed by atoms with Gasteiger partial charge in [0.05, 0.1) is 23.1 Å². The number of nitrogens with zero attached hydrogens (tertiary/aromatic N) is 1. The van der Waals surface area contributed by atoms with Gasteiger partial charge in [-0.1, -0.05) is 49.4 Å². The summed E-state index contributed by atoms with van der Waals surface area (Å²) in [4.78, 5) is 39.4. The molecule has 6 heteroatoms. The Balaban J connectivity index is 1.78. The van der Waals surface area contributed by atoms with Crippen LogP contribution >= 0.6 is 0 Å². The zero-order chi connectivity index (χ0) is 24.1. The molecule has 1 N–H and O–H groups in total. The molecule has 0 aliphatic rings. The Bertz CT molecular complexity index is 1390. The SMILES string of the molecule is CCOc1ccc2c(c1)c(=O)c(C(=O)c1ccc(CC)cc1)cn2CC(=O)Nc1ccccc1. The summed E-state index contributed by atoms with van der Waals surface area (Å²) in [6.07, 6.45) is 2.33. The first-order chi connectivity index (χ1) is 16.5. The summed E-state index contributed by atoms with van der Waals surface area (Å²) < 4.78 is 7.20. The normalized spacial score (nSPS) is 10.8. The van der Waals surface area contributed by atoms with Gasteiger partial charge < -0.3 is 14.6 Å². The van der Waals surface area contributed by atoms with Crippen molar-refractivity contribution in [1.29, 1.82) is 0 Å². The van der Waals surface area contributed by atoms with Crippen LogP contribution in [0, 0.1) is 0 Å². The Morgan fingerprint density at radius 3 is 2.35 bits per heavy atom. The molecule has 4 rings (SSSR count). The van der Waals surface area contributed by atoms with Crippen LogP contribution in [0.15, 0.2) is 83.8 Å². The van der Waals surface area contributed by atoms with Gasteiger partial charge in [0.1, 0.15) is 12.3 Å². The number of ketones is 1. The number of ether oxygens (including phenoxy) is 1. The predicted octanol–water partition coefficient (Wildman–Crippen LogP) is 4.83. The molecule has 0 fully saturated rings. The minimum absolute atomic E-state index is 0.0120. The maximum Gasteiger partial charge on any atom is 0.244 e. The van der Waals surface area contributed by atoms with Crippen LogP contribution in [-0.2, 0) is 17.8 Å². The Kier molecular flexibility index (Phi) is 6.87. The molecule has 0 unspecified atom stereocenters. The Morgan fingerprint density at radius 1 is 0.941 bits per heavy atom. The van der Waals surface area contributed by atoms with Crippen molar-refractivity contribution in [2.24, 2.45) is 0 Å². The van der Waals surface area contributed by atoms with Gasteiger partial charge in [-0.2, -0.15) is 0 Å². The van der Waals surface area contributed by atoms with Crippen molar-refractivity contribution in [1.82, 2.24) is 4.57 Å². The molecule has 6 nitrogen and oxygen atoms in total. The molecule has 0 aliphatic heterocycles. The molecule has 0 radical (unpaired) electrons. The van der Waals surface area contributed by atoms with Crippen LogP contribution in [0.2, 0.25) is 0 Å². The number of hydrogen-bond donors (Lipinski definition) is 1. The molecule has 1 heterocycles. The summed E-state index contributed by atoms with van der Waals surface area (Å²) in [6, 6.07) is 21.5. The average Bonchev–Trinajstić information content (AvgIpc) is 2.86. The fourth-order valence-corrected chi connectivity index (χ4v) is 3.85. The minimum Gasteiger partial charge on any atom is -0.494 e. The maximum atomic E-state index is 13.4. The van der Waals surface area contributed by atoms with E-state index in [1.807, 2.05) is 44.2 Å². The van der Waals surface area contributed by atoms with Crippen LogP contribution in [0.4, 0.5) is 5.69 Å². The first-order valence-electron chi connectivity index (χ1n) is 11.3. The number of carbonyl (C=O) groups excluding carboxylic acids is 2. The molecule has 172 valence electrons. The number of nitrogens with one attached hydrogen (secondary N) is 1. The van der Waals surface area contributed by atoms with Gasteiger partial charge in [0.25, 0.3) is 0 Å². The molecule has 0 bridgehead atoms. The van der Waals surface area contributed by atoms with Gasteiger partial charge in [-0.15, -0.1) is 0 Å². The predicted molar refractivity (Wildman–Crippen MR) is 134 cm³/mol. The number of aryl methyl sites for hydroxylation is 1. The Hall–Kier alpha value is -4.19. The summed E-state index contributed by atoms with van der Waals surface area (Å²) in [5.74, 6) is -0.117. The molecule has 1 aromatic heterocycles. The number of carbonyl (C=O) groups is 2. The van der Waals surface area contributed by atoms with Crippen molar-refractivity contribution >= 4 is 28.3 Å². The number of rotatable bonds is 8. The van der Waals surface area contributed by atoms with E-state index >= 15 is 0 Å². The lowest BCUT2D eigenvalue weighted by Gasteiger charge is -2.14. The van der Waals surface area contributed by atoms with E-state index in [2.05, 4.69) is 5.32 Å². The fraction of sp³-hybridized carbons (Fsp3) is 0.179. The highest BCUT2D eigenvalue weighted by molar-refractivity contribution is 6.10. The third-order valence-electron chi connectivity index (χ3n) is 5.60. The van der Waals surface area contributed by atoms with E-state index in [0.29, 0.717) is 34.5 Å². The Morgan fingerprint density at radius 2 is 1.68 bits per heavy atom. The van der Waals surface area contributed by atoms with Crippen LogP contribution in [0.25, 0.3) is 10.9 Å². The number of hydrogen-bond acceptors (Lipinski definition) is 4. The van der Waals surface area contributed by atoms with Crippen molar-refractivity contribution in [2.45, 2.75) is 26.8 Å². The molecule has 0 saturated heterocycles. The molecule has 0 atom stereocenters. The number of benzene rings is 3. The maximum absolute atomic E-state index is 13.4. The van der Waals surface area contributed by atoms with Gasteiger partial charge in [-0.05, 0) is 49.2 Å². The number of fused-ring (bicyclic) bond motifs is 1. The highest BCUT2D eigenvalue weighted by Gasteiger charge is 2.19. The van der Waals surface area contributed by atoms with E-state index in [9.17, 15) is 14.4 Å². The first-order valence-corrected chi connectivity index (χ1v) is 11.3. The highest BCUT2D eigenvalue weighted by Crippen LogP contribution is 2.21. The van der Waals surface area contributed by atoms with Crippen molar-refractivity contribution in [3.8, 4) is 5.75 Å². The molecule has 3 aromatic carbocycles. The summed E-state index contributed by atoms with van der Waals surface area (Å²) >= 11 is 0. The van der Waals surface area contributed by atoms with Crippen LogP contribution < -0.4 is 15.5 Å². The van der Waals surface area contributed by atoms with Crippen LogP contribution in [0.3, 0.4) is 0 Å². The molecule has 0 aliphatic carbocycles. The van der Waals surface area contributed by atoms with Crippen LogP contribution in [0.5, 0.6) is 5.75 Å². The molecular weight excluding hydrogens is 428 g/mol. The topological polar surface area (TPSA) is 77.4 Å². The van der Waals surface area contributed by atoms with Crippen LogP contribution in [-0.4, -0.2) is 22.9 Å². The average molecular weight is 455 g/mol. The zero-order valence-electron chi connectivity index (χ0n) is 19.2. The lowest BCUT2D eigenvalue weighted by atomic mass is 10.0. The van der Waals surface area contributed by atoms with Crippen molar-refractivity contribution in [3.63, 3.8) is 0 Å². The first kappa shape index (κ1) is 23.0. The van der Waals surface area contributed by atoms with E-state index in [1.165, 1.54) is 6.20 Å². The third kappa shape index (κ3) is 4.91. The van der Waals surface area contributed by atoms with E-state index < -0.39 is 0 Å². The standard InChI is InChI=1S/C28H26N2O4/c1-3-19-10-12-20(13-11-19)27(32)24-17-30(18-26(31)29-21-8-6-5-7-9-21)25-15-14-22(34-4-2)16-23(25)28(24)33/h5-17H,3-4,18H2,1-2H3,(H,29,31). The third-order valence-corrected chi connectivity index (χ3v) is 5.60. The van der Waals surface area contributed by atoms with Crippen molar-refractivity contribution in [2.75, 3.05) is 11.9 Å². The lowest BCUT2D eigenvalue weighted by Crippen LogP contribution is -2.24. The molecular formula is C28H26N2O4. The van der Waals surface area contributed by atoms with Gasteiger partial charge in [-0.25, -0.2) is 0 Å². The number of aromatic nitrogens is 1. The van der Waals surface area contributed by atoms with E-state index in [-0.39, 0.29) is 29.2 Å². The number of para-hydroxylation sites is 1. The zero-order valence-corrected chi connectivity index (χ0v) is 19.2. The quantitative estimate of drug-likeness (QED) is 0.387. The van der Waals surface area contributed by atoms with Gasteiger partial charge >= 0.3 is 0 Å². The van der Waals surface area contributed by atoms with Gasteiger partial charge in [0.15, 0.2) is 5.78 Å². The van der Waals surface area contributed by atoms with Crippen molar-refractivity contribution < 1.29 is 14.3 Å². The minimum atomic E-state index is -0.388. The second kappa shape index (κ2) is 10.2. The van der Waals surface area contributed by atoms with Gasteiger partial charge in [0.2, 0.25) is 11.3 Å². The van der Waals surface area contributed by atoms with Crippen molar-refractivity contribution in [3.05, 3.63) is 106 Å². The number of anilines is 1. The van der Waals surface area contributed by atoms with Gasteiger partial charge in [-0.3, -0.25) is 14.4 Å². The highest BCUT2D eigenvalue weighted by atomic mass is 16.5. The number of pyridine rings is 1. The molecule has 1 amide bonds. The van der Waals surface area contributed by atoms with E-state index in [4.69, 9.17) is 4.74 Å². The molecule has 34 heavy (non-hydrogen) atoms. The smallest absolute Gasteiger partial charge is 0.244 e. The summed E-state index contributed by atoms with van der Waals surface area (Å²) in [7, 11) is 0. The Labute approximate surface area is 197 Å². The monoisotopic (exact) mass is 454 g/mol. The molecule has 4 aromatic rings. The molecule has 0 saturated carbocycles. The summed E-state index contributed by atoms with van der Waals surface area (Å²) in [6.45, 7) is 4.28. The van der Waals surface area contributed by atoms with E-state index in [0.717, 1.165) is 12.0 Å². The fourth-order valence-electron chi connectivity index (χ4n) is 3.85. The second-order valence-corrected chi connectivity index (χ2v) is 7.91. The lowest BCUT2D eigenvalue weighted by molar-refractivity contribution is -0.116. The summed E-state index contributed by atoms with van der Waals surface area (Å²) in [5.41, 5.74) is 2.37. The second-order valence-electron chi connectivity index (χ2n) is 7.91. The van der Waals surface area contributed by atoms with E-state index in [1.54, 1.807) is 47.0 Å².